The van der Waals surface area contributed by atoms with Crippen LogP contribution in [0.15, 0.2) is 94.9 Å². The van der Waals surface area contributed by atoms with Gasteiger partial charge in [-0.1, -0.05) is 54.1 Å². The fraction of sp³-hybridized carbons (Fsp3) is 0.172. The Morgan fingerprint density at radius 2 is 1.57 bits per heavy atom. The van der Waals surface area contributed by atoms with Gasteiger partial charge in [0.1, 0.15) is 6.54 Å². The Morgan fingerprint density at radius 3 is 2.24 bits per heavy atom. The van der Waals surface area contributed by atoms with E-state index >= 15 is 0 Å². The molecule has 0 radical (unpaired) electrons. The number of aryl methyl sites for hydroxylation is 3. The molecule has 1 aromatic heterocycles. The van der Waals surface area contributed by atoms with Gasteiger partial charge in [-0.2, -0.15) is 5.10 Å². The van der Waals surface area contributed by atoms with Crippen LogP contribution in [-0.4, -0.2) is 31.7 Å². The lowest BCUT2D eigenvalue weighted by Crippen LogP contribution is -2.40. The molecule has 1 N–H and O–H groups in total. The molecule has 0 aliphatic carbocycles. The van der Waals surface area contributed by atoms with E-state index in [1.54, 1.807) is 42.6 Å². The summed E-state index contributed by atoms with van der Waals surface area (Å²) in [5.41, 5.74) is 8.52. The van der Waals surface area contributed by atoms with Crippen LogP contribution < -0.4 is 9.73 Å². The van der Waals surface area contributed by atoms with Crippen LogP contribution >= 0.6 is 0 Å². The lowest BCUT2D eigenvalue weighted by atomic mass is 10.2. The highest BCUT2D eigenvalue weighted by Gasteiger charge is 2.28. The van der Waals surface area contributed by atoms with E-state index in [2.05, 4.69) is 15.1 Å². The lowest BCUT2D eigenvalue weighted by Gasteiger charge is -2.25. The molecule has 8 heteroatoms. The number of nitrogens with zero attached hydrogens (tertiary/aromatic N) is 3. The molecule has 3 aromatic carbocycles. The predicted molar refractivity (Wildman–Crippen MR) is 148 cm³/mol. The zero-order valence-electron chi connectivity index (χ0n) is 21.3. The number of para-hydroxylation sites is 2. The first-order valence-corrected chi connectivity index (χ1v) is 13.3. The van der Waals surface area contributed by atoms with Crippen LogP contribution in [0.5, 0.6) is 0 Å². The molecule has 0 aliphatic heterocycles. The molecule has 37 heavy (non-hydrogen) atoms. The summed E-state index contributed by atoms with van der Waals surface area (Å²) in [6.45, 7) is 7.27. The van der Waals surface area contributed by atoms with Crippen molar-refractivity contribution in [2.45, 2.75) is 32.6 Å². The van der Waals surface area contributed by atoms with Crippen LogP contribution in [0.4, 0.5) is 5.69 Å². The van der Waals surface area contributed by atoms with E-state index in [4.69, 9.17) is 0 Å². The van der Waals surface area contributed by atoms with E-state index in [1.807, 2.05) is 76.2 Å². The van der Waals surface area contributed by atoms with Crippen molar-refractivity contribution in [3.8, 4) is 5.69 Å². The monoisotopic (exact) mass is 514 g/mol. The zero-order valence-corrected chi connectivity index (χ0v) is 22.2. The second-order valence-corrected chi connectivity index (χ2v) is 10.8. The fourth-order valence-electron chi connectivity index (χ4n) is 4.21. The Morgan fingerprint density at radius 1 is 0.919 bits per heavy atom. The molecule has 0 saturated carbocycles. The van der Waals surface area contributed by atoms with Gasteiger partial charge in [0, 0.05) is 22.6 Å². The highest BCUT2D eigenvalue weighted by atomic mass is 32.2. The Bertz CT molecular complexity index is 1540. The molecule has 0 atom stereocenters. The smallest absolute Gasteiger partial charge is 0.264 e. The number of hydrazone groups is 1. The van der Waals surface area contributed by atoms with Crippen molar-refractivity contribution in [1.29, 1.82) is 0 Å². The molecule has 1 amide bonds. The quantitative estimate of drug-likeness (QED) is 0.264. The molecule has 0 bridgehead atoms. The van der Waals surface area contributed by atoms with Gasteiger partial charge in [-0.25, -0.2) is 13.8 Å². The van der Waals surface area contributed by atoms with Gasteiger partial charge in [0.25, 0.3) is 15.9 Å². The number of carbonyl (C=O) groups is 1. The summed E-state index contributed by atoms with van der Waals surface area (Å²) in [6, 6.07) is 25.6. The van der Waals surface area contributed by atoms with Crippen molar-refractivity contribution in [3.05, 3.63) is 113 Å². The summed E-state index contributed by atoms with van der Waals surface area (Å²) in [5.74, 6) is -0.549. The van der Waals surface area contributed by atoms with Gasteiger partial charge >= 0.3 is 0 Å². The number of rotatable bonds is 8. The van der Waals surface area contributed by atoms with E-state index in [-0.39, 0.29) is 4.90 Å². The third-order valence-corrected chi connectivity index (χ3v) is 7.93. The maximum atomic E-state index is 13.6. The number of aromatic nitrogens is 1. The number of hydrogen-bond donors (Lipinski definition) is 1. The third kappa shape index (κ3) is 5.65. The largest absolute Gasteiger partial charge is 0.318 e. The normalized spacial score (nSPS) is 11.6. The summed E-state index contributed by atoms with van der Waals surface area (Å²) in [7, 11) is -3.99. The Labute approximate surface area is 218 Å². The summed E-state index contributed by atoms with van der Waals surface area (Å²) >= 11 is 0. The van der Waals surface area contributed by atoms with Crippen LogP contribution in [0.25, 0.3) is 5.69 Å². The second-order valence-electron chi connectivity index (χ2n) is 8.90. The van der Waals surface area contributed by atoms with Crippen LogP contribution in [0.3, 0.4) is 0 Å². The Hall–Kier alpha value is -4.17. The van der Waals surface area contributed by atoms with Gasteiger partial charge in [-0.05, 0) is 69.7 Å². The first-order chi connectivity index (χ1) is 17.7. The van der Waals surface area contributed by atoms with Crippen molar-refractivity contribution in [2.75, 3.05) is 10.8 Å². The maximum Gasteiger partial charge on any atom is 0.264 e. The van der Waals surface area contributed by atoms with Crippen molar-refractivity contribution in [1.82, 2.24) is 9.99 Å². The summed E-state index contributed by atoms with van der Waals surface area (Å²) in [5, 5.41) is 4.13. The Kier molecular flexibility index (Phi) is 7.59. The molecular formula is C29H30N4O3S. The van der Waals surface area contributed by atoms with E-state index in [9.17, 15) is 13.2 Å². The zero-order chi connectivity index (χ0) is 26.6. The van der Waals surface area contributed by atoms with E-state index < -0.39 is 22.5 Å². The van der Waals surface area contributed by atoms with Gasteiger partial charge < -0.3 is 4.57 Å². The first kappa shape index (κ1) is 25.9. The minimum Gasteiger partial charge on any atom is -0.318 e. The highest BCUT2D eigenvalue weighted by Crippen LogP contribution is 2.27. The van der Waals surface area contributed by atoms with E-state index in [0.29, 0.717) is 5.69 Å². The standard InChI is InChI=1S/C29H30N4O3S/c1-21-14-16-27(17-15-21)37(35,36)32(28-13-9-8-10-22(28)2)20-29(34)31-30-19-25-18-23(3)33(24(25)4)26-11-6-5-7-12-26/h5-19H,20H2,1-4H3,(H,31,34)/b30-19+. The molecule has 0 saturated heterocycles. The van der Waals surface area contributed by atoms with Gasteiger partial charge in [0.05, 0.1) is 16.8 Å². The maximum absolute atomic E-state index is 13.6. The average molecular weight is 515 g/mol. The predicted octanol–water partition coefficient (Wildman–Crippen LogP) is 5.06. The minimum atomic E-state index is -3.99. The fourth-order valence-corrected chi connectivity index (χ4v) is 5.70. The number of amides is 1. The van der Waals surface area contributed by atoms with Crippen molar-refractivity contribution >= 4 is 27.8 Å². The van der Waals surface area contributed by atoms with Gasteiger partial charge in [0.15, 0.2) is 0 Å². The first-order valence-electron chi connectivity index (χ1n) is 11.9. The molecule has 0 unspecified atom stereocenters. The van der Waals surface area contributed by atoms with Gasteiger partial charge in [-0.15, -0.1) is 0 Å². The van der Waals surface area contributed by atoms with Crippen LogP contribution in [0.2, 0.25) is 0 Å². The Balaban J connectivity index is 1.56. The van der Waals surface area contributed by atoms with E-state index in [1.165, 1.54) is 0 Å². The van der Waals surface area contributed by atoms with Crippen molar-refractivity contribution < 1.29 is 13.2 Å². The van der Waals surface area contributed by atoms with Gasteiger partial charge in [-0.3, -0.25) is 9.10 Å². The van der Waals surface area contributed by atoms with Crippen LogP contribution in [-0.2, 0) is 14.8 Å². The highest BCUT2D eigenvalue weighted by molar-refractivity contribution is 7.92. The minimum absolute atomic E-state index is 0.117. The lowest BCUT2D eigenvalue weighted by molar-refractivity contribution is -0.119. The van der Waals surface area contributed by atoms with Crippen molar-refractivity contribution in [2.24, 2.45) is 5.10 Å². The molecule has 4 rings (SSSR count). The summed E-state index contributed by atoms with van der Waals surface area (Å²) in [6.07, 6.45) is 1.58. The molecule has 190 valence electrons. The number of anilines is 1. The van der Waals surface area contributed by atoms with Crippen molar-refractivity contribution in [3.63, 3.8) is 0 Å². The number of sulfonamides is 1. The number of hydrogen-bond acceptors (Lipinski definition) is 4. The number of nitrogens with one attached hydrogen (secondary N) is 1. The number of carbonyl (C=O) groups excluding carboxylic acids is 1. The molecule has 4 aromatic rings. The average Bonchev–Trinajstić information content (AvgIpc) is 3.16. The summed E-state index contributed by atoms with van der Waals surface area (Å²) in [4.78, 5) is 13.0. The molecule has 0 spiro atoms. The second kappa shape index (κ2) is 10.8. The molecule has 7 nitrogen and oxygen atoms in total. The third-order valence-electron chi connectivity index (χ3n) is 6.16. The molecule has 0 aliphatic rings. The van der Waals surface area contributed by atoms with Crippen LogP contribution in [0.1, 0.15) is 28.1 Å². The molecule has 1 heterocycles. The number of benzene rings is 3. The SMILES string of the molecule is Cc1ccc(S(=O)(=O)N(CC(=O)N/N=C/c2cc(C)n(-c3ccccc3)c2C)c2ccccc2C)cc1. The van der Waals surface area contributed by atoms with Crippen LogP contribution in [0, 0.1) is 27.7 Å². The molecule has 0 fully saturated rings. The summed E-state index contributed by atoms with van der Waals surface area (Å²) < 4.78 is 30.3. The topological polar surface area (TPSA) is 83.8 Å². The molecular weight excluding hydrogens is 484 g/mol. The van der Waals surface area contributed by atoms with E-state index in [0.717, 1.165) is 38.1 Å². The van der Waals surface area contributed by atoms with Gasteiger partial charge in [0.2, 0.25) is 0 Å².